The van der Waals surface area contributed by atoms with Crippen LogP contribution in [-0.2, 0) is 19.7 Å². The van der Waals surface area contributed by atoms with Crippen molar-refractivity contribution >= 4 is 23.3 Å². The zero-order chi connectivity index (χ0) is 30.0. The van der Waals surface area contributed by atoms with E-state index in [1.54, 1.807) is 7.11 Å². The van der Waals surface area contributed by atoms with Gasteiger partial charge in [0.15, 0.2) is 5.60 Å². The third-order valence-electron chi connectivity index (χ3n) is 9.96. The Labute approximate surface area is 243 Å². The quantitative estimate of drug-likeness (QED) is 0.226. The number of carbonyl (C=O) groups excluding carboxylic acids is 2. The maximum atomic E-state index is 13.2. The molecule has 1 N–H and O–H groups in total. The SMILES string of the molecule is CC[C@]12C=CCN3CC[C@@]4(c5ccc(OC)cc5N(C)[C@H]4[C@@](O)(COC(=O)c4ccc([N+](=O)[O-])cc4)[C@@H]1OC(C)=O)[C@@H]32. The number of anilines is 1. The van der Waals surface area contributed by atoms with Crippen molar-refractivity contribution in [1.29, 1.82) is 0 Å². The Morgan fingerprint density at radius 1 is 1.17 bits per heavy atom. The van der Waals surface area contributed by atoms with E-state index in [-0.39, 0.29) is 17.3 Å². The van der Waals surface area contributed by atoms with Crippen molar-refractivity contribution < 1.29 is 33.8 Å². The van der Waals surface area contributed by atoms with Crippen LogP contribution in [-0.4, -0.2) is 84.5 Å². The number of fused-ring (bicyclic) bond motifs is 1. The Morgan fingerprint density at radius 3 is 2.55 bits per heavy atom. The molecule has 2 fully saturated rings. The Kier molecular flexibility index (Phi) is 6.58. The fourth-order valence-corrected chi connectivity index (χ4v) is 8.59. The summed E-state index contributed by atoms with van der Waals surface area (Å²) in [6.07, 6.45) is 4.46. The van der Waals surface area contributed by atoms with Crippen LogP contribution in [0.25, 0.3) is 0 Å². The van der Waals surface area contributed by atoms with Crippen LogP contribution in [0.2, 0.25) is 0 Å². The molecule has 6 atom stereocenters. The number of benzene rings is 2. The minimum Gasteiger partial charge on any atom is -0.497 e. The van der Waals surface area contributed by atoms with E-state index in [4.69, 9.17) is 14.2 Å². The molecule has 2 aromatic rings. The van der Waals surface area contributed by atoms with Crippen LogP contribution in [0, 0.1) is 15.5 Å². The maximum absolute atomic E-state index is 13.2. The minimum absolute atomic E-state index is 0.0860. The van der Waals surface area contributed by atoms with E-state index in [1.807, 2.05) is 31.0 Å². The number of aliphatic hydroxyl groups is 1. The molecule has 2 aromatic carbocycles. The Hall–Kier alpha value is -3.96. The molecule has 42 heavy (non-hydrogen) atoms. The second-order valence-electron chi connectivity index (χ2n) is 11.8. The van der Waals surface area contributed by atoms with Crippen LogP contribution in [0.4, 0.5) is 11.4 Å². The highest BCUT2D eigenvalue weighted by Gasteiger charge is 2.78. The van der Waals surface area contributed by atoms with E-state index in [0.29, 0.717) is 12.2 Å². The zero-order valence-electron chi connectivity index (χ0n) is 24.1. The molecule has 3 heterocycles. The summed E-state index contributed by atoms with van der Waals surface area (Å²) in [7, 11) is 3.52. The van der Waals surface area contributed by atoms with Crippen LogP contribution in [0.3, 0.4) is 0 Å². The molecule has 222 valence electrons. The first-order chi connectivity index (χ1) is 20.0. The Bertz CT molecular complexity index is 1480. The van der Waals surface area contributed by atoms with Gasteiger partial charge in [-0.15, -0.1) is 0 Å². The van der Waals surface area contributed by atoms with E-state index < -0.39 is 52.0 Å². The molecule has 1 spiro atoms. The van der Waals surface area contributed by atoms with Crippen LogP contribution >= 0.6 is 0 Å². The lowest BCUT2D eigenvalue weighted by Gasteiger charge is -2.64. The van der Waals surface area contributed by atoms with Crippen LogP contribution in [0.15, 0.2) is 54.6 Å². The van der Waals surface area contributed by atoms with Crippen molar-refractivity contribution in [2.75, 3.05) is 38.8 Å². The third-order valence-corrected chi connectivity index (χ3v) is 9.96. The fraction of sp³-hybridized carbons (Fsp3) is 0.484. The van der Waals surface area contributed by atoms with E-state index in [2.05, 4.69) is 23.1 Å². The predicted octanol–water partition coefficient (Wildman–Crippen LogP) is 3.23. The Morgan fingerprint density at radius 2 is 1.90 bits per heavy atom. The molecule has 0 unspecified atom stereocenters. The molecule has 0 bridgehead atoms. The first-order valence-corrected chi connectivity index (χ1v) is 14.2. The molecular formula is C31H35N3O8. The summed E-state index contributed by atoms with van der Waals surface area (Å²) in [5, 5.41) is 24.1. The number of ether oxygens (including phenoxy) is 3. The lowest BCUT2D eigenvalue weighted by molar-refractivity contribution is -0.384. The van der Waals surface area contributed by atoms with Crippen molar-refractivity contribution in [2.45, 2.75) is 55.9 Å². The standard InChI is InChI=1S/C31H35N3O8/c1-5-29-13-6-15-33-16-14-30(26(29)33)23-12-11-22(40-4)17-24(23)32(3)27(30)31(37,28(29)42-19(2)35)18-41-25(36)20-7-9-21(10-8-20)34(38)39/h6-13,17,26-28,37H,5,14-16,18H2,1-4H3/t26-,27+,28+,29+,30+,31-/m0/s1. The zero-order valence-corrected chi connectivity index (χ0v) is 24.1. The van der Waals surface area contributed by atoms with Crippen LogP contribution < -0.4 is 9.64 Å². The molecule has 0 amide bonds. The number of esters is 2. The van der Waals surface area contributed by atoms with E-state index in [0.717, 1.165) is 30.8 Å². The summed E-state index contributed by atoms with van der Waals surface area (Å²) >= 11 is 0. The molecule has 0 aromatic heterocycles. The summed E-state index contributed by atoms with van der Waals surface area (Å²) in [4.78, 5) is 40.9. The summed E-state index contributed by atoms with van der Waals surface area (Å²) in [5.41, 5.74) is -1.22. The Balaban J connectivity index is 1.50. The fourth-order valence-electron chi connectivity index (χ4n) is 8.59. The van der Waals surface area contributed by atoms with E-state index >= 15 is 0 Å². The molecule has 1 saturated heterocycles. The lowest BCUT2D eigenvalue weighted by atomic mass is 9.48. The van der Waals surface area contributed by atoms with Gasteiger partial charge < -0.3 is 24.2 Å². The largest absolute Gasteiger partial charge is 0.497 e. The van der Waals surface area contributed by atoms with Gasteiger partial charge in [0, 0.05) is 61.3 Å². The molecule has 11 nitrogen and oxygen atoms in total. The smallest absolute Gasteiger partial charge is 0.338 e. The van der Waals surface area contributed by atoms with Crippen LogP contribution in [0.5, 0.6) is 5.75 Å². The van der Waals surface area contributed by atoms with Gasteiger partial charge in [-0.25, -0.2) is 4.79 Å². The number of hydrogen-bond acceptors (Lipinski definition) is 10. The summed E-state index contributed by atoms with van der Waals surface area (Å²) < 4.78 is 17.5. The van der Waals surface area contributed by atoms with Crippen molar-refractivity contribution in [3.63, 3.8) is 0 Å². The molecule has 1 aliphatic carbocycles. The minimum atomic E-state index is -1.83. The second-order valence-corrected chi connectivity index (χ2v) is 11.8. The van der Waals surface area contributed by atoms with Crippen molar-refractivity contribution in [3.05, 3.63) is 75.9 Å². The van der Waals surface area contributed by atoms with E-state index in [1.165, 1.54) is 31.2 Å². The molecule has 3 aliphatic heterocycles. The summed E-state index contributed by atoms with van der Waals surface area (Å²) in [6.45, 7) is 4.44. The molecule has 0 radical (unpaired) electrons. The number of nitrogens with zero attached hydrogens (tertiary/aromatic N) is 3. The molecule has 6 rings (SSSR count). The van der Waals surface area contributed by atoms with Gasteiger partial charge in [0.1, 0.15) is 18.5 Å². The van der Waals surface area contributed by atoms with Gasteiger partial charge in [0.2, 0.25) is 0 Å². The average molecular weight is 578 g/mol. The molecule has 4 aliphatic rings. The summed E-state index contributed by atoms with van der Waals surface area (Å²) in [6, 6.07) is 10.4. The van der Waals surface area contributed by atoms with Gasteiger partial charge in [-0.05, 0) is 43.1 Å². The number of rotatable bonds is 7. The van der Waals surface area contributed by atoms with Gasteiger partial charge in [-0.1, -0.05) is 25.1 Å². The van der Waals surface area contributed by atoms with Gasteiger partial charge in [0.25, 0.3) is 5.69 Å². The highest BCUT2D eigenvalue weighted by molar-refractivity contribution is 5.89. The van der Waals surface area contributed by atoms with Crippen molar-refractivity contribution in [3.8, 4) is 5.75 Å². The monoisotopic (exact) mass is 577 g/mol. The van der Waals surface area contributed by atoms with Crippen molar-refractivity contribution in [2.24, 2.45) is 5.41 Å². The van der Waals surface area contributed by atoms with Crippen LogP contribution in [0.1, 0.15) is 42.6 Å². The normalized spacial score (nSPS) is 32.5. The molecular weight excluding hydrogens is 542 g/mol. The average Bonchev–Trinajstić information content (AvgIpc) is 3.50. The third kappa shape index (κ3) is 3.72. The topological polar surface area (TPSA) is 132 Å². The van der Waals surface area contributed by atoms with Crippen molar-refractivity contribution in [1.82, 2.24) is 4.90 Å². The highest BCUT2D eigenvalue weighted by atomic mass is 16.6. The second kappa shape index (κ2) is 9.81. The molecule has 1 saturated carbocycles. The predicted molar refractivity (Wildman–Crippen MR) is 153 cm³/mol. The van der Waals surface area contributed by atoms with Gasteiger partial charge in [-0.3, -0.25) is 19.8 Å². The number of nitro benzene ring substituents is 1. The van der Waals surface area contributed by atoms with Gasteiger partial charge in [-0.2, -0.15) is 0 Å². The molecule has 11 heteroatoms. The van der Waals surface area contributed by atoms with Gasteiger partial charge in [0.05, 0.1) is 23.6 Å². The first kappa shape index (κ1) is 28.2. The van der Waals surface area contributed by atoms with E-state index in [9.17, 15) is 24.8 Å². The first-order valence-electron chi connectivity index (χ1n) is 14.2. The summed E-state index contributed by atoms with van der Waals surface area (Å²) in [5.74, 6) is -0.599. The van der Waals surface area contributed by atoms with Gasteiger partial charge >= 0.3 is 11.9 Å². The lowest BCUT2D eigenvalue weighted by Crippen LogP contribution is -2.80. The number of hydrogen-bond donors (Lipinski definition) is 1. The highest BCUT2D eigenvalue weighted by Crippen LogP contribution is 2.67. The number of non-ortho nitro benzene ring substituents is 1. The maximum Gasteiger partial charge on any atom is 0.338 e. The number of methoxy groups -OCH3 is 1. The number of carbonyl (C=O) groups is 2. The number of nitro groups is 1. The number of likely N-dealkylation sites (N-methyl/N-ethyl adjacent to an activating group) is 1.